The minimum atomic E-state index is -1.14. The fraction of sp³-hybridized carbons (Fsp3) is 0.115. The summed E-state index contributed by atoms with van der Waals surface area (Å²) in [4.78, 5) is 26.1. The molecule has 0 aliphatic carbocycles. The Morgan fingerprint density at radius 1 is 0.970 bits per heavy atom. The second kappa shape index (κ2) is 9.82. The molecule has 0 aliphatic rings. The first-order valence-electron chi connectivity index (χ1n) is 10.4. The number of aryl methyl sites for hydroxylation is 1. The van der Waals surface area contributed by atoms with Crippen molar-refractivity contribution in [2.75, 3.05) is 12.4 Å². The smallest absolute Gasteiger partial charge is 0.339 e. The molecule has 1 N–H and O–H groups in total. The van der Waals surface area contributed by atoms with Gasteiger partial charge in [0.25, 0.3) is 5.91 Å². The number of methoxy groups -OCH3 is 1. The van der Waals surface area contributed by atoms with E-state index in [1.54, 1.807) is 71.5 Å². The van der Waals surface area contributed by atoms with Crippen LogP contribution in [0.2, 0.25) is 0 Å². The standard InChI is InChI=1S/C26H23N3O4/c1-18-9-14-23(32-2)22(17-18)28-25(30)24(19-7-4-3-5-8-19)33-26(31)20-10-12-21(13-11-20)29-16-6-15-27-29/h3-17,24H,1-2H3,(H,28,30). The maximum absolute atomic E-state index is 13.2. The van der Waals surface area contributed by atoms with Gasteiger partial charge in [0.1, 0.15) is 5.75 Å². The Morgan fingerprint density at radius 3 is 2.39 bits per heavy atom. The van der Waals surface area contributed by atoms with E-state index in [1.807, 2.05) is 31.3 Å². The number of anilines is 1. The van der Waals surface area contributed by atoms with Crippen molar-refractivity contribution in [1.82, 2.24) is 9.78 Å². The number of carbonyl (C=O) groups is 2. The molecule has 7 nitrogen and oxygen atoms in total. The first-order valence-corrected chi connectivity index (χ1v) is 10.4. The van der Waals surface area contributed by atoms with E-state index in [0.717, 1.165) is 11.3 Å². The van der Waals surface area contributed by atoms with Crippen LogP contribution in [0, 0.1) is 6.92 Å². The lowest BCUT2D eigenvalue weighted by Gasteiger charge is -2.19. The molecule has 0 saturated carbocycles. The van der Waals surface area contributed by atoms with Crippen LogP contribution in [0.5, 0.6) is 5.75 Å². The molecule has 7 heteroatoms. The van der Waals surface area contributed by atoms with Crippen LogP contribution in [0.3, 0.4) is 0 Å². The van der Waals surface area contributed by atoms with Gasteiger partial charge in [-0.15, -0.1) is 0 Å². The van der Waals surface area contributed by atoms with Gasteiger partial charge in [-0.3, -0.25) is 4.79 Å². The average molecular weight is 441 g/mol. The van der Waals surface area contributed by atoms with Crippen LogP contribution in [0.15, 0.2) is 91.3 Å². The second-order valence-corrected chi connectivity index (χ2v) is 7.39. The fourth-order valence-electron chi connectivity index (χ4n) is 3.37. The van der Waals surface area contributed by atoms with Gasteiger partial charge in [0.05, 0.1) is 24.0 Å². The van der Waals surface area contributed by atoms with E-state index in [9.17, 15) is 9.59 Å². The van der Waals surface area contributed by atoms with Gasteiger partial charge in [-0.1, -0.05) is 36.4 Å². The Bertz CT molecular complexity index is 1240. The molecule has 3 aromatic carbocycles. The predicted octanol–water partition coefficient (Wildman–Crippen LogP) is 4.73. The number of ether oxygens (including phenoxy) is 2. The Labute approximate surface area is 191 Å². The zero-order chi connectivity index (χ0) is 23.2. The van der Waals surface area contributed by atoms with Crippen LogP contribution in [0.1, 0.15) is 27.6 Å². The molecule has 0 spiro atoms. The minimum absolute atomic E-state index is 0.327. The van der Waals surface area contributed by atoms with Gasteiger partial charge in [0.2, 0.25) is 6.10 Å². The molecule has 1 amide bonds. The molecule has 0 aliphatic heterocycles. The molecule has 1 unspecified atom stereocenters. The van der Waals surface area contributed by atoms with Crippen LogP contribution < -0.4 is 10.1 Å². The van der Waals surface area contributed by atoms with E-state index < -0.39 is 18.0 Å². The number of aromatic nitrogens is 2. The maximum atomic E-state index is 13.2. The van der Waals surface area contributed by atoms with E-state index in [-0.39, 0.29) is 0 Å². The highest BCUT2D eigenvalue weighted by atomic mass is 16.5. The van der Waals surface area contributed by atoms with Crippen molar-refractivity contribution in [3.8, 4) is 11.4 Å². The lowest BCUT2D eigenvalue weighted by Crippen LogP contribution is -2.26. The predicted molar refractivity (Wildman–Crippen MR) is 125 cm³/mol. The normalized spacial score (nSPS) is 11.5. The lowest BCUT2D eigenvalue weighted by atomic mass is 10.1. The summed E-state index contributed by atoms with van der Waals surface area (Å²) in [5.74, 6) is -0.574. The van der Waals surface area contributed by atoms with E-state index in [0.29, 0.717) is 22.6 Å². The van der Waals surface area contributed by atoms with Crippen LogP contribution >= 0.6 is 0 Å². The van der Waals surface area contributed by atoms with Gasteiger partial charge in [-0.05, 0) is 55.0 Å². The van der Waals surface area contributed by atoms with Crippen LogP contribution in [0.25, 0.3) is 5.69 Å². The summed E-state index contributed by atoms with van der Waals surface area (Å²) < 4.78 is 12.7. The number of esters is 1. The Morgan fingerprint density at radius 2 is 1.73 bits per heavy atom. The highest BCUT2D eigenvalue weighted by Crippen LogP contribution is 2.28. The monoisotopic (exact) mass is 441 g/mol. The third-order valence-corrected chi connectivity index (χ3v) is 5.05. The highest BCUT2D eigenvalue weighted by molar-refractivity contribution is 5.99. The fourth-order valence-corrected chi connectivity index (χ4v) is 3.37. The zero-order valence-electron chi connectivity index (χ0n) is 18.3. The van der Waals surface area contributed by atoms with Crippen LogP contribution in [-0.2, 0) is 9.53 Å². The summed E-state index contributed by atoms with van der Waals surface area (Å²) in [5.41, 5.74) is 3.15. The van der Waals surface area contributed by atoms with Crippen molar-refractivity contribution in [2.24, 2.45) is 0 Å². The van der Waals surface area contributed by atoms with Crippen molar-refractivity contribution in [3.63, 3.8) is 0 Å². The number of nitrogens with zero attached hydrogens (tertiary/aromatic N) is 2. The molecule has 1 heterocycles. The number of carbonyl (C=O) groups excluding carboxylic acids is 2. The highest BCUT2D eigenvalue weighted by Gasteiger charge is 2.26. The lowest BCUT2D eigenvalue weighted by molar-refractivity contribution is -0.125. The number of benzene rings is 3. The molecule has 0 radical (unpaired) electrons. The molecule has 166 valence electrons. The van der Waals surface area contributed by atoms with Gasteiger partial charge in [0.15, 0.2) is 0 Å². The maximum Gasteiger partial charge on any atom is 0.339 e. The SMILES string of the molecule is COc1ccc(C)cc1NC(=O)C(OC(=O)c1ccc(-n2cccn2)cc1)c1ccccc1. The van der Waals surface area contributed by atoms with Crippen LogP contribution in [-0.4, -0.2) is 28.8 Å². The number of amides is 1. The average Bonchev–Trinajstić information content (AvgIpc) is 3.38. The molecule has 1 atom stereocenters. The molecular formula is C26H23N3O4. The quantitative estimate of drug-likeness (QED) is 0.420. The number of rotatable bonds is 7. The van der Waals surface area contributed by atoms with E-state index >= 15 is 0 Å². The van der Waals surface area contributed by atoms with Gasteiger partial charge in [-0.25, -0.2) is 9.48 Å². The third kappa shape index (κ3) is 5.10. The zero-order valence-corrected chi connectivity index (χ0v) is 18.3. The summed E-state index contributed by atoms with van der Waals surface area (Å²) in [6.07, 6.45) is 2.34. The van der Waals surface area contributed by atoms with Crippen molar-refractivity contribution < 1.29 is 19.1 Å². The largest absolute Gasteiger partial charge is 0.495 e. The molecule has 0 fully saturated rings. The Hall–Kier alpha value is -4.39. The number of hydrogen-bond donors (Lipinski definition) is 1. The van der Waals surface area contributed by atoms with Crippen LogP contribution in [0.4, 0.5) is 5.69 Å². The summed E-state index contributed by atoms with van der Waals surface area (Å²) in [6.45, 7) is 1.91. The first kappa shape index (κ1) is 21.8. The van der Waals surface area contributed by atoms with Crippen molar-refractivity contribution in [3.05, 3.63) is 108 Å². The van der Waals surface area contributed by atoms with Crippen molar-refractivity contribution in [2.45, 2.75) is 13.0 Å². The van der Waals surface area contributed by atoms with Gasteiger partial charge < -0.3 is 14.8 Å². The van der Waals surface area contributed by atoms with Gasteiger partial charge >= 0.3 is 5.97 Å². The second-order valence-electron chi connectivity index (χ2n) is 7.39. The summed E-state index contributed by atoms with van der Waals surface area (Å²) in [5, 5.41) is 7.00. The van der Waals surface area contributed by atoms with E-state index in [1.165, 1.54) is 7.11 Å². The topological polar surface area (TPSA) is 82.5 Å². The molecule has 4 rings (SSSR count). The number of nitrogens with one attached hydrogen (secondary N) is 1. The summed E-state index contributed by atoms with van der Waals surface area (Å²) in [7, 11) is 1.53. The van der Waals surface area contributed by atoms with E-state index in [2.05, 4.69) is 10.4 Å². The molecule has 0 saturated heterocycles. The number of hydrogen-bond acceptors (Lipinski definition) is 5. The summed E-state index contributed by atoms with van der Waals surface area (Å²) in [6, 6.07) is 23.0. The van der Waals surface area contributed by atoms with Crippen molar-refractivity contribution >= 4 is 17.6 Å². The Balaban J connectivity index is 1.57. The summed E-state index contributed by atoms with van der Waals surface area (Å²) >= 11 is 0. The van der Waals surface area contributed by atoms with Gasteiger partial charge in [-0.2, -0.15) is 5.10 Å². The molecule has 0 bridgehead atoms. The first-order chi connectivity index (χ1) is 16.0. The molecule has 33 heavy (non-hydrogen) atoms. The minimum Gasteiger partial charge on any atom is -0.495 e. The molecular weight excluding hydrogens is 418 g/mol. The van der Waals surface area contributed by atoms with E-state index in [4.69, 9.17) is 9.47 Å². The molecule has 4 aromatic rings. The third-order valence-electron chi connectivity index (χ3n) is 5.05. The Kier molecular flexibility index (Phi) is 6.50. The van der Waals surface area contributed by atoms with Gasteiger partial charge in [0, 0.05) is 18.0 Å². The molecule has 1 aromatic heterocycles. The van der Waals surface area contributed by atoms with Crippen molar-refractivity contribution in [1.29, 1.82) is 0 Å².